The molecule has 0 aliphatic carbocycles. The smallest absolute Gasteiger partial charge is 0.185 e. The van der Waals surface area contributed by atoms with Gasteiger partial charge in [-0.05, 0) is 37.0 Å². The highest BCUT2D eigenvalue weighted by Gasteiger charge is 2.03. The molecule has 0 saturated heterocycles. The van der Waals surface area contributed by atoms with Crippen molar-refractivity contribution in [1.29, 1.82) is 0 Å². The Morgan fingerprint density at radius 3 is 2.85 bits per heavy atom. The fraction of sp³-hybridized carbons (Fsp3) is 0.467. The average molecular weight is 290 g/mol. The van der Waals surface area contributed by atoms with E-state index in [0.29, 0.717) is 5.11 Å². The van der Waals surface area contributed by atoms with Gasteiger partial charge in [0.25, 0.3) is 0 Å². The van der Waals surface area contributed by atoms with Gasteiger partial charge in [0.1, 0.15) is 5.84 Å². The topological polar surface area (TPSA) is 48.4 Å². The summed E-state index contributed by atoms with van der Waals surface area (Å²) < 4.78 is 0. The molecule has 1 aromatic rings. The van der Waals surface area contributed by atoms with Crippen molar-refractivity contribution in [2.75, 3.05) is 13.1 Å². The highest BCUT2D eigenvalue weighted by Crippen LogP contribution is 2.05. The van der Waals surface area contributed by atoms with E-state index in [-0.39, 0.29) is 0 Å². The number of hydrazine groups is 1. The van der Waals surface area contributed by atoms with E-state index in [1.54, 1.807) is 0 Å². The number of aliphatic imine (C=N–C) groups is 1. The molecular weight excluding hydrogens is 268 g/mol. The molecule has 1 aliphatic heterocycles. The number of hydrogen-bond donors (Lipinski definition) is 3. The molecule has 1 aromatic carbocycles. The first-order chi connectivity index (χ1) is 9.84. The van der Waals surface area contributed by atoms with E-state index in [2.05, 4.69) is 45.4 Å². The van der Waals surface area contributed by atoms with Crippen LogP contribution in [0.2, 0.25) is 0 Å². The van der Waals surface area contributed by atoms with Gasteiger partial charge in [-0.1, -0.05) is 36.8 Å². The predicted molar refractivity (Wildman–Crippen MR) is 87.8 cm³/mol. The second kappa shape index (κ2) is 8.53. The maximum absolute atomic E-state index is 5.23. The molecule has 0 unspecified atom stereocenters. The number of nitrogens with zero attached hydrogens (tertiary/aromatic N) is 1. The third-order valence-electron chi connectivity index (χ3n) is 3.24. The van der Waals surface area contributed by atoms with Gasteiger partial charge in [-0.2, -0.15) is 0 Å². The van der Waals surface area contributed by atoms with Gasteiger partial charge >= 0.3 is 0 Å². The molecule has 0 radical (unpaired) electrons. The normalized spacial score (nSPS) is 14.9. The van der Waals surface area contributed by atoms with Crippen molar-refractivity contribution < 1.29 is 0 Å². The molecule has 0 saturated carbocycles. The summed E-state index contributed by atoms with van der Waals surface area (Å²) in [6.45, 7) is 1.74. The molecule has 0 atom stereocenters. The van der Waals surface area contributed by atoms with E-state index in [1.807, 2.05) is 6.07 Å². The van der Waals surface area contributed by atoms with Crippen molar-refractivity contribution >= 4 is 23.2 Å². The zero-order chi connectivity index (χ0) is 14.0. The molecule has 0 fully saturated rings. The summed E-state index contributed by atoms with van der Waals surface area (Å²) in [6, 6.07) is 10.4. The molecule has 0 spiro atoms. The summed E-state index contributed by atoms with van der Waals surface area (Å²) in [5, 5.41) is 3.81. The largest absolute Gasteiger partial charge is 0.361 e. The molecule has 1 heterocycles. The maximum atomic E-state index is 5.23. The molecule has 1 aliphatic rings. The lowest BCUT2D eigenvalue weighted by Gasteiger charge is -2.13. The first-order valence-corrected chi connectivity index (χ1v) is 7.62. The fourth-order valence-electron chi connectivity index (χ4n) is 2.11. The van der Waals surface area contributed by atoms with E-state index >= 15 is 0 Å². The van der Waals surface area contributed by atoms with E-state index in [9.17, 15) is 0 Å². The molecule has 0 amide bonds. The molecule has 4 nitrogen and oxygen atoms in total. The van der Waals surface area contributed by atoms with Gasteiger partial charge in [-0.15, -0.1) is 0 Å². The monoisotopic (exact) mass is 290 g/mol. The van der Waals surface area contributed by atoms with E-state index < -0.39 is 0 Å². The lowest BCUT2D eigenvalue weighted by atomic mass is 10.1. The number of benzene rings is 1. The summed E-state index contributed by atoms with van der Waals surface area (Å²) in [7, 11) is 0. The SMILES string of the molecule is S=C(NCCc1ccccc1)NNC1=NCCCCC1. The second-order valence-corrected chi connectivity index (χ2v) is 5.29. The number of thiocarbonyl (C=S) groups is 1. The quantitative estimate of drug-likeness (QED) is 0.590. The van der Waals surface area contributed by atoms with Crippen molar-refractivity contribution in [2.24, 2.45) is 4.99 Å². The van der Waals surface area contributed by atoms with Crippen LogP contribution in [0.25, 0.3) is 0 Å². The Balaban J connectivity index is 1.61. The van der Waals surface area contributed by atoms with Crippen LogP contribution in [-0.4, -0.2) is 24.0 Å². The Morgan fingerprint density at radius 1 is 1.15 bits per heavy atom. The molecule has 2 rings (SSSR count). The number of amidine groups is 1. The first-order valence-electron chi connectivity index (χ1n) is 7.22. The molecule has 108 valence electrons. The van der Waals surface area contributed by atoms with Crippen molar-refractivity contribution in [3.63, 3.8) is 0 Å². The van der Waals surface area contributed by atoms with Crippen molar-refractivity contribution in [1.82, 2.24) is 16.2 Å². The van der Waals surface area contributed by atoms with Crippen LogP contribution in [0.3, 0.4) is 0 Å². The third-order valence-corrected chi connectivity index (χ3v) is 3.48. The highest BCUT2D eigenvalue weighted by atomic mass is 32.1. The van der Waals surface area contributed by atoms with E-state index in [0.717, 1.165) is 31.8 Å². The van der Waals surface area contributed by atoms with Crippen LogP contribution in [0.15, 0.2) is 35.3 Å². The van der Waals surface area contributed by atoms with Crippen molar-refractivity contribution in [3.8, 4) is 0 Å². The first kappa shape index (κ1) is 14.8. The van der Waals surface area contributed by atoms with Gasteiger partial charge in [-0.25, -0.2) is 0 Å². The van der Waals surface area contributed by atoms with E-state index in [4.69, 9.17) is 12.2 Å². The Kier molecular flexibility index (Phi) is 6.31. The van der Waals surface area contributed by atoms with E-state index in [1.165, 1.54) is 24.8 Å². The number of hydrogen-bond acceptors (Lipinski definition) is 3. The van der Waals surface area contributed by atoms with Crippen LogP contribution in [-0.2, 0) is 6.42 Å². The fourth-order valence-corrected chi connectivity index (χ4v) is 2.27. The predicted octanol–water partition coefficient (Wildman–Crippen LogP) is 2.17. The summed E-state index contributed by atoms with van der Waals surface area (Å²) in [4.78, 5) is 4.48. The Bertz CT molecular complexity index is 444. The minimum Gasteiger partial charge on any atom is -0.361 e. The summed E-state index contributed by atoms with van der Waals surface area (Å²) in [5.74, 6) is 1.01. The molecule has 5 heteroatoms. The number of rotatable bonds is 3. The Morgan fingerprint density at radius 2 is 2.00 bits per heavy atom. The molecule has 0 aromatic heterocycles. The third kappa shape index (κ3) is 5.57. The zero-order valence-corrected chi connectivity index (χ0v) is 12.5. The summed E-state index contributed by atoms with van der Waals surface area (Å²) in [5.41, 5.74) is 7.42. The molecule has 3 N–H and O–H groups in total. The van der Waals surface area contributed by atoms with Gasteiger partial charge < -0.3 is 5.32 Å². The van der Waals surface area contributed by atoms with Crippen LogP contribution in [0.5, 0.6) is 0 Å². The number of nitrogens with one attached hydrogen (secondary N) is 3. The zero-order valence-electron chi connectivity index (χ0n) is 11.7. The highest BCUT2D eigenvalue weighted by molar-refractivity contribution is 7.80. The van der Waals surface area contributed by atoms with Gasteiger partial charge in [-0.3, -0.25) is 15.8 Å². The average Bonchev–Trinajstić information content (AvgIpc) is 2.75. The molecule has 20 heavy (non-hydrogen) atoms. The lowest BCUT2D eigenvalue weighted by molar-refractivity contribution is 0.725. The maximum Gasteiger partial charge on any atom is 0.185 e. The van der Waals surface area contributed by atoms with Gasteiger partial charge in [0.2, 0.25) is 0 Å². The minimum atomic E-state index is 0.618. The summed E-state index contributed by atoms with van der Waals surface area (Å²) >= 11 is 5.23. The van der Waals surface area contributed by atoms with Crippen LogP contribution >= 0.6 is 12.2 Å². The van der Waals surface area contributed by atoms with Crippen molar-refractivity contribution in [3.05, 3.63) is 35.9 Å². The molecular formula is C15H22N4S. The minimum absolute atomic E-state index is 0.618. The molecule has 0 bridgehead atoms. The standard InChI is InChI=1S/C15H22N4S/c20-15(17-12-10-13-7-3-1-4-8-13)19-18-14-9-5-2-6-11-16-14/h1,3-4,7-8H,2,5-6,9-12H2,(H,16,18)(H2,17,19,20). The lowest BCUT2D eigenvalue weighted by Crippen LogP contribution is -2.47. The second-order valence-electron chi connectivity index (χ2n) is 4.88. The van der Waals surface area contributed by atoms with Crippen LogP contribution in [0.4, 0.5) is 0 Å². The summed E-state index contributed by atoms with van der Waals surface area (Å²) in [6.07, 6.45) is 5.60. The van der Waals surface area contributed by atoms with Gasteiger partial charge in [0, 0.05) is 19.5 Å². The van der Waals surface area contributed by atoms with Gasteiger partial charge in [0.05, 0.1) is 0 Å². The van der Waals surface area contributed by atoms with Crippen LogP contribution in [0.1, 0.15) is 31.2 Å². The van der Waals surface area contributed by atoms with Crippen LogP contribution < -0.4 is 16.2 Å². The van der Waals surface area contributed by atoms with Crippen molar-refractivity contribution in [2.45, 2.75) is 32.1 Å². The Labute approximate surface area is 126 Å². The van der Waals surface area contributed by atoms with Crippen LogP contribution in [0, 0.1) is 0 Å². The van der Waals surface area contributed by atoms with Gasteiger partial charge in [0.15, 0.2) is 5.11 Å². The Hall–Kier alpha value is -1.62.